The molecule has 4 nitrogen and oxygen atoms in total. The van der Waals surface area contributed by atoms with Gasteiger partial charge in [0, 0.05) is 25.7 Å². The number of nitrogens with zero attached hydrogens (tertiary/aromatic N) is 2. The van der Waals surface area contributed by atoms with Crippen molar-refractivity contribution in [1.82, 2.24) is 9.80 Å². The zero-order valence-electron chi connectivity index (χ0n) is 12.7. The number of carbonyl (C=O) groups is 1. The van der Waals surface area contributed by atoms with Gasteiger partial charge >= 0.3 is 5.97 Å². The van der Waals surface area contributed by atoms with Crippen LogP contribution in [-0.2, 0) is 16.1 Å². The fourth-order valence-corrected chi connectivity index (χ4v) is 3.59. The van der Waals surface area contributed by atoms with Crippen molar-refractivity contribution < 1.29 is 9.53 Å². The topological polar surface area (TPSA) is 32.8 Å². The molecule has 2 fully saturated rings. The number of piperidine rings is 1. The molecule has 0 aromatic heterocycles. The van der Waals surface area contributed by atoms with Crippen LogP contribution < -0.4 is 0 Å². The number of hydrogen-bond acceptors (Lipinski definition) is 4. The van der Waals surface area contributed by atoms with Crippen LogP contribution in [0.4, 0.5) is 0 Å². The summed E-state index contributed by atoms with van der Waals surface area (Å²) in [5.41, 5.74) is 1.26. The van der Waals surface area contributed by atoms with Crippen LogP contribution in [-0.4, -0.2) is 54.6 Å². The Hall–Kier alpha value is -1.39. The van der Waals surface area contributed by atoms with Gasteiger partial charge in [-0.05, 0) is 24.9 Å². The van der Waals surface area contributed by atoms with Crippen molar-refractivity contribution in [1.29, 1.82) is 0 Å². The first-order chi connectivity index (χ1) is 10.3. The SMILES string of the molecule is COC(=O)[C@@H]1CN2CCCC[C@@H]2CN1Cc1ccccc1. The van der Waals surface area contributed by atoms with Crippen molar-refractivity contribution in [2.75, 3.05) is 26.7 Å². The van der Waals surface area contributed by atoms with Gasteiger partial charge in [-0.15, -0.1) is 0 Å². The van der Waals surface area contributed by atoms with Crippen molar-refractivity contribution in [3.8, 4) is 0 Å². The highest BCUT2D eigenvalue weighted by Gasteiger charge is 2.38. The first-order valence-corrected chi connectivity index (χ1v) is 7.88. The molecule has 3 rings (SSSR count). The summed E-state index contributed by atoms with van der Waals surface area (Å²) in [6.45, 7) is 3.72. The van der Waals surface area contributed by atoms with E-state index in [-0.39, 0.29) is 12.0 Å². The number of fused-ring (bicyclic) bond motifs is 1. The molecule has 2 saturated heterocycles. The number of methoxy groups -OCH3 is 1. The van der Waals surface area contributed by atoms with E-state index in [0.717, 1.165) is 26.2 Å². The molecule has 2 heterocycles. The Kier molecular flexibility index (Phi) is 4.56. The van der Waals surface area contributed by atoms with Crippen LogP contribution in [0.1, 0.15) is 24.8 Å². The molecule has 0 unspecified atom stereocenters. The number of rotatable bonds is 3. The van der Waals surface area contributed by atoms with Crippen LogP contribution >= 0.6 is 0 Å². The summed E-state index contributed by atoms with van der Waals surface area (Å²) in [6.07, 6.45) is 3.81. The Morgan fingerprint density at radius 1 is 1.24 bits per heavy atom. The lowest BCUT2D eigenvalue weighted by Crippen LogP contribution is -2.61. The number of carbonyl (C=O) groups excluding carboxylic acids is 1. The van der Waals surface area contributed by atoms with Crippen molar-refractivity contribution in [2.45, 2.75) is 37.9 Å². The third-order valence-electron chi connectivity index (χ3n) is 4.74. The summed E-state index contributed by atoms with van der Waals surface area (Å²) in [7, 11) is 1.49. The summed E-state index contributed by atoms with van der Waals surface area (Å²) in [6, 6.07) is 10.9. The van der Waals surface area contributed by atoms with Crippen LogP contribution in [0, 0.1) is 0 Å². The van der Waals surface area contributed by atoms with Gasteiger partial charge in [-0.25, -0.2) is 0 Å². The molecule has 4 heteroatoms. The molecule has 0 spiro atoms. The van der Waals surface area contributed by atoms with E-state index >= 15 is 0 Å². The zero-order chi connectivity index (χ0) is 14.7. The van der Waals surface area contributed by atoms with Crippen molar-refractivity contribution in [3.05, 3.63) is 35.9 Å². The monoisotopic (exact) mass is 288 g/mol. The molecule has 0 radical (unpaired) electrons. The van der Waals surface area contributed by atoms with Crippen molar-refractivity contribution >= 4 is 5.97 Å². The molecule has 0 aliphatic carbocycles. The number of piperazine rings is 1. The molecule has 0 saturated carbocycles. The minimum Gasteiger partial charge on any atom is -0.468 e. The van der Waals surface area contributed by atoms with E-state index in [2.05, 4.69) is 34.1 Å². The minimum atomic E-state index is -0.135. The normalized spacial score (nSPS) is 27.1. The van der Waals surface area contributed by atoms with E-state index < -0.39 is 0 Å². The van der Waals surface area contributed by atoms with Gasteiger partial charge in [-0.1, -0.05) is 36.8 Å². The zero-order valence-corrected chi connectivity index (χ0v) is 12.7. The molecule has 21 heavy (non-hydrogen) atoms. The van der Waals surface area contributed by atoms with E-state index in [1.54, 1.807) is 0 Å². The van der Waals surface area contributed by atoms with Crippen molar-refractivity contribution in [2.24, 2.45) is 0 Å². The maximum Gasteiger partial charge on any atom is 0.324 e. The van der Waals surface area contributed by atoms with Crippen LogP contribution in [0.2, 0.25) is 0 Å². The molecule has 0 amide bonds. The third kappa shape index (κ3) is 3.27. The summed E-state index contributed by atoms with van der Waals surface area (Å²) in [4.78, 5) is 16.9. The lowest BCUT2D eigenvalue weighted by molar-refractivity contribution is -0.151. The molecular formula is C17H24N2O2. The summed E-state index contributed by atoms with van der Waals surface area (Å²) in [5, 5.41) is 0. The number of hydrogen-bond donors (Lipinski definition) is 0. The third-order valence-corrected chi connectivity index (χ3v) is 4.74. The van der Waals surface area contributed by atoms with Crippen molar-refractivity contribution in [3.63, 3.8) is 0 Å². The van der Waals surface area contributed by atoms with Crippen LogP contribution in [0.3, 0.4) is 0 Å². The average molecular weight is 288 g/mol. The Morgan fingerprint density at radius 3 is 2.81 bits per heavy atom. The van der Waals surface area contributed by atoms with Gasteiger partial charge in [-0.2, -0.15) is 0 Å². The Balaban J connectivity index is 1.75. The highest BCUT2D eigenvalue weighted by atomic mass is 16.5. The van der Waals surface area contributed by atoms with Gasteiger partial charge in [0.25, 0.3) is 0 Å². The first-order valence-electron chi connectivity index (χ1n) is 7.88. The standard InChI is InChI=1S/C17H24N2O2/c1-21-17(20)16-13-18-10-6-5-9-15(18)12-19(16)11-14-7-3-2-4-8-14/h2-4,7-8,15-16H,5-6,9-13H2,1H3/t15-,16+/m1/s1. The quantitative estimate of drug-likeness (QED) is 0.795. The maximum absolute atomic E-state index is 12.2. The van der Waals surface area contributed by atoms with E-state index in [0.29, 0.717) is 6.04 Å². The van der Waals surface area contributed by atoms with Crippen LogP contribution in [0.15, 0.2) is 30.3 Å². The van der Waals surface area contributed by atoms with Gasteiger partial charge in [0.15, 0.2) is 0 Å². The van der Waals surface area contributed by atoms with Crippen LogP contribution in [0.25, 0.3) is 0 Å². The van der Waals surface area contributed by atoms with E-state index in [1.807, 2.05) is 6.07 Å². The van der Waals surface area contributed by atoms with Gasteiger partial charge in [0.05, 0.1) is 7.11 Å². The Labute approximate surface area is 126 Å². The highest BCUT2D eigenvalue weighted by Crippen LogP contribution is 2.25. The summed E-state index contributed by atoms with van der Waals surface area (Å²) < 4.78 is 5.03. The maximum atomic E-state index is 12.2. The molecule has 1 aromatic rings. The number of esters is 1. The molecule has 114 valence electrons. The van der Waals surface area contributed by atoms with Gasteiger partial charge in [-0.3, -0.25) is 14.6 Å². The lowest BCUT2D eigenvalue weighted by atomic mass is 9.96. The molecule has 2 aliphatic heterocycles. The lowest BCUT2D eigenvalue weighted by Gasteiger charge is -2.47. The number of ether oxygens (including phenoxy) is 1. The van der Waals surface area contributed by atoms with Crippen LogP contribution in [0.5, 0.6) is 0 Å². The predicted molar refractivity (Wildman–Crippen MR) is 81.9 cm³/mol. The van der Waals surface area contributed by atoms with Gasteiger partial charge in [0.2, 0.25) is 0 Å². The molecular weight excluding hydrogens is 264 g/mol. The molecule has 2 atom stereocenters. The Bertz CT molecular complexity index is 477. The first kappa shape index (κ1) is 14.5. The summed E-state index contributed by atoms with van der Waals surface area (Å²) in [5.74, 6) is -0.102. The minimum absolute atomic E-state index is 0.102. The largest absolute Gasteiger partial charge is 0.468 e. The highest BCUT2D eigenvalue weighted by molar-refractivity contribution is 5.76. The van der Waals surface area contributed by atoms with Gasteiger partial charge in [0.1, 0.15) is 6.04 Å². The average Bonchev–Trinajstić information content (AvgIpc) is 2.54. The van der Waals surface area contributed by atoms with E-state index in [1.165, 1.54) is 31.9 Å². The Morgan fingerprint density at radius 2 is 2.05 bits per heavy atom. The van der Waals surface area contributed by atoms with Gasteiger partial charge < -0.3 is 4.74 Å². The summed E-state index contributed by atoms with van der Waals surface area (Å²) >= 11 is 0. The fourth-order valence-electron chi connectivity index (χ4n) is 3.59. The fraction of sp³-hybridized carbons (Fsp3) is 0.588. The molecule has 0 bridgehead atoms. The smallest absolute Gasteiger partial charge is 0.324 e. The number of benzene rings is 1. The molecule has 1 aromatic carbocycles. The second-order valence-electron chi connectivity index (χ2n) is 6.10. The van der Waals surface area contributed by atoms with E-state index in [4.69, 9.17) is 4.74 Å². The molecule has 0 N–H and O–H groups in total. The predicted octanol–water partition coefficient (Wildman–Crippen LogP) is 1.90. The second-order valence-corrected chi connectivity index (χ2v) is 6.10. The molecule has 2 aliphatic rings. The second kappa shape index (κ2) is 6.58. The van der Waals surface area contributed by atoms with E-state index in [9.17, 15) is 4.79 Å².